The zero-order valence-corrected chi connectivity index (χ0v) is 20.8. The molecule has 0 aliphatic carbocycles. The number of halogens is 1. The lowest BCUT2D eigenvalue weighted by atomic mass is 9.88. The van der Waals surface area contributed by atoms with Crippen LogP contribution in [-0.4, -0.2) is 50.8 Å². The minimum absolute atomic E-state index is 0.111. The smallest absolute Gasteiger partial charge is 0.303 e. The van der Waals surface area contributed by atoms with Gasteiger partial charge in [-0.1, -0.05) is 18.7 Å². The zero-order valence-electron chi connectivity index (χ0n) is 20.8. The summed E-state index contributed by atoms with van der Waals surface area (Å²) in [6.45, 7) is 8.94. The van der Waals surface area contributed by atoms with Gasteiger partial charge in [-0.25, -0.2) is 14.1 Å². The highest BCUT2D eigenvalue weighted by Crippen LogP contribution is 2.37. The average Bonchev–Trinajstić information content (AvgIpc) is 3.51. The molecule has 0 spiro atoms. The Hall–Kier alpha value is -4.65. The lowest BCUT2D eigenvalue weighted by Crippen LogP contribution is -2.37. The van der Waals surface area contributed by atoms with E-state index in [0.29, 0.717) is 48.9 Å². The Morgan fingerprint density at radius 1 is 1.16 bits per heavy atom. The number of carbonyl (C=O) groups is 1. The van der Waals surface area contributed by atoms with Crippen molar-refractivity contribution in [2.45, 2.75) is 19.5 Å². The number of nitrogens with one attached hydrogen (secondary N) is 1. The van der Waals surface area contributed by atoms with Crippen LogP contribution in [-0.2, 0) is 26.6 Å². The maximum absolute atomic E-state index is 13.9. The molecule has 3 heterocycles. The number of amides is 1. The SMILES string of the molecule is [C-]#[N+]c1nn(C)cc1-c1cc(Cn2ccnc2NC)cc2c1CCN(Cc1ccc(F)c(OC)c1)C2=O. The summed E-state index contributed by atoms with van der Waals surface area (Å²) >= 11 is 0. The van der Waals surface area contributed by atoms with E-state index in [-0.39, 0.29) is 11.7 Å². The quantitative estimate of drug-likeness (QED) is 0.384. The summed E-state index contributed by atoms with van der Waals surface area (Å²) in [6.07, 6.45) is 6.03. The summed E-state index contributed by atoms with van der Waals surface area (Å²) in [5, 5.41) is 7.37. The van der Waals surface area contributed by atoms with Gasteiger partial charge in [0, 0.05) is 56.9 Å². The molecule has 2 aromatic heterocycles. The fourth-order valence-corrected chi connectivity index (χ4v) is 4.83. The maximum Gasteiger partial charge on any atom is 0.303 e. The van der Waals surface area contributed by atoms with Crippen molar-refractivity contribution in [2.75, 3.05) is 26.0 Å². The standard InChI is InChI=1S/C27H26FN7O2/c1-29-25-22(16-33(3)32-25)20-11-18(15-35-10-8-31-27(35)30-2)12-21-19(20)7-9-34(26(21)36)14-17-5-6-23(28)24(13-17)37-4/h5-6,8,10-13,16H,7,9,14-15H2,2-4H3,(H,30,31). The summed E-state index contributed by atoms with van der Waals surface area (Å²) < 4.78 is 22.6. The molecule has 0 saturated heterocycles. The Balaban J connectivity index is 1.57. The van der Waals surface area contributed by atoms with E-state index in [1.165, 1.54) is 13.2 Å². The largest absolute Gasteiger partial charge is 0.494 e. The average molecular weight is 500 g/mol. The van der Waals surface area contributed by atoms with Crippen molar-refractivity contribution in [3.8, 4) is 16.9 Å². The lowest BCUT2D eigenvalue weighted by molar-refractivity contribution is 0.0727. The summed E-state index contributed by atoms with van der Waals surface area (Å²) in [7, 11) is 5.01. The van der Waals surface area contributed by atoms with E-state index < -0.39 is 5.82 Å². The highest BCUT2D eigenvalue weighted by atomic mass is 19.1. The van der Waals surface area contributed by atoms with Crippen LogP contribution >= 0.6 is 0 Å². The van der Waals surface area contributed by atoms with Gasteiger partial charge < -0.3 is 24.4 Å². The molecule has 0 bridgehead atoms. The number of imidazole rings is 1. The van der Waals surface area contributed by atoms with Gasteiger partial charge in [-0.15, -0.1) is 0 Å². The van der Waals surface area contributed by atoms with Crippen LogP contribution in [0.3, 0.4) is 0 Å². The highest BCUT2D eigenvalue weighted by Gasteiger charge is 2.29. The van der Waals surface area contributed by atoms with Gasteiger partial charge in [-0.05, 0) is 52.0 Å². The van der Waals surface area contributed by atoms with Crippen molar-refractivity contribution in [1.82, 2.24) is 24.2 Å². The van der Waals surface area contributed by atoms with Gasteiger partial charge in [0.1, 0.15) is 0 Å². The van der Waals surface area contributed by atoms with Crippen molar-refractivity contribution in [3.63, 3.8) is 0 Å². The minimum atomic E-state index is -0.441. The zero-order chi connectivity index (χ0) is 26.1. The van der Waals surface area contributed by atoms with Gasteiger partial charge in [0.05, 0.1) is 13.7 Å². The molecule has 37 heavy (non-hydrogen) atoms. The molecule has 9 nitrogen and oxygen atoms in total. The number of aryl methyl sites for hydroxylation is 1. The molecular formula is C27H26FN7O2. The number of anilines is 1. The van der Waals surface area contributed by atoms with Gasteiger partial charge in [0.15, 0.2) is 11.6 Å². The van der Waals surface area contributed by atoms with E-state index in [9.17, 15) is 9.18 Å². The number of methoxy groups -OCH3 is 1. The lowest BCUT2D eigenvalue weighted by Gasteiger charge is -2.31. The monoisotopic (exact) mass is 499 g/mol. The predicted molar refractivity (Wildman–Crippen MR) is 137 cm³/mol. The Kier molecular flexibility index (Phi) is 6.36. The van der Waals surface area contributed by atoms with E-state index in [0.717, 1.165) is 22.3 Å². The Bertz CT molecular complexity index is 1530. The number of hydrogen-bond donors (Lipinski definition) is 1. The van der Waals surface area contributed by atoms with Gasteiger partial charge in [0.2, 0.25) is 5.95 Å². The summed E-state index contributed by atoms with van der Waals surface area (Å²) in [6, 6.07) is 8.60. The second-order valence-electron chi connectivity index (χ2n) is 8.90. The number of hydrogen-bond acceptors (Lipinski definition) is 5. The van der Waals surface area contributed by atoms with E-state index in [4.69, 9.17) is 11.3 Å². The molecule has 10 heteroatoms. The summed E-state index contributed by atoms with van der Waals surface area (Å²) in [5.74, 6) is 0.606. The molecule has 1 N–H and O–H groups in total. The summed E-state index contributed by atoms with van der Waals surface area (Å²) in [4.78, 5) is 23.5. The van der Waals surface area contributed by atoms with E-state index >= 15 is 0 Å². The molecule has 2 aromatic carbocycles. The number of nitrogens with zero attached hydrogens (tertiary/aromatic N) is 6. The first kappa shape index (κ1) is 24.1. The topological polar surface area (TPSA) is 81.6 Å². The van der Waals surface area contributed by atoms with E-state index in [1.54, 1.807) is 42.0 Å². The molecule has 188 valence electrons. The second kappa shape index (κ2) is 9.78. The van der Waals surface area contributed by atoms with Crippen molar-refractivity contribution in [1.29, 1.82) is 0 Å². The van der Waals surface area contributed by atoms with Gasteiger partial charge in [-0.2, -0.15) is 0 Å². The normalized spacial score (nSPS) is 12.8. The number of ether oxygens (including phenoxy) is 1. The third-order valence-corrected chi connectivity index (χ3v) is 6.55. The molecule has 5 rings (SSSR count). The van der Waals surface area contributed by atoms with Crippen LogP contribution in [0.15, 0.2) is 48.9 Å². The van der Waals surface area contributed by atoms with E-state index in [2.05, 4.69) is 20.2 Å². The number of aromatic nitrogens is 4. The molecule has 0 atom stereocenters. The van der Waals surface area contributed by atoms with Gasteiger partial charge in [-0.3, -0.25) is 4.79 Å². The first-order valence-electron chi connectivity index (χ1n) is 11.8. The predicted octanol–water partition coefficient (Wildman–Crippen LogP) is 4.27. The number of rotatable bonds is 7. The molecule has 1 amide bonds. The number of benzene rings is 2. The third kappa shape index (κ3) is 4.51. The van der Waals surface area contributed by atoms with Crippen LogP contribution in [0.1, 0.15) is 27.0 Å². The van der Waals surface area contributed by atoms with Crippen molar-refractivity contribution in [3.05, 3.63) is 88.4 Å². The van der Waals surface area contributed by atoms with Crippen LogP contribution in [0.5, 0.6) is 5.75 Å². The van der Waals surface area contributed by atoms with Gasteiger partial charge in [0.25, 0.3) is 5.91 Å². The van der Waals surface area contributed by atoms with Crippen LogP contribution < -0.4 is 10.1 Å². The van der Waals surface area contributed by atoms with Crippen molar-refractivity contribution in [2.24, 2.45) is 7.05 Å². The first-order valence-corrected chi connectivity index (χ1v) is 11.8. The molecule has 0 unspecified atom stereocenters. The molecule has 0 saturated carbocycles. The minimum Gasteiger partial charge on any atom is -0.494 e. The molecule has 4 aromatic rings. The Morgan fingerprint density at radius 2 is 1.97 bits per heavy atom. The molecule has 0 radical (unpaired) electrons. The molecule has 1 aliphatic heterocycles. The van der Waals surface area contributed by atoms with Crippen LogP contribution in [0.25, 0.3) is 16.0 Å². The molecule has 0 fully saturated rings. The Labute approximate surface area is 213 Å². The summed E-state index contributed by atoms with van der Waals surface area (Å²) in [5.41, 5.74) is 4.74. The first-order chi connectivity index (χ1) is 17.9. The third-order valence-electron chi connectivity index (χ3n) is 6.55. The number of fused-ring (bicyclic) bond motifs is 1. The fourth-order valence-electron chi connectivity index (χ4n) is 4.83. The van der Waals surface area contributed by atoms with E-state index in [1.807, 2.05) is 29.1 Å². The van der Waals surface area contributed by atoms with Crippen molar-refractivity contribution < 1.29 is 13.9 Å². The maximum atomic E-state index is 13.9. The number of carbonyl (C=O) groups excluding carboxylic acids is 1. The van der Waals surface area contributed by atoms with Crippen molar-refractivity contribution >= 4 is 17.7 Å². The Morgan fingerprint density at radius 3 is 2.73 bits per heavy atom. The molecule has 1 aliphatic rings. The highest BCUT2D eigenvalue weighted by molar-refractivity contribution is 5.99. The fraction of sp³-hybridized carbons (Fsp3) is 0.259. The molecular weight excluding hydrogens is 473 g/mol. The van der Waals surface area contributed by atoms with Crippen LogP contribution in [0.4, 0.5) is 16.2 Å². The second-order valence-corrected chi connectivity index (χ2v) is 8.90. The van der Waals surface area contributed by atoms with Crippen LogP contribution in [0.2, 0.25) is 0 Å². The van der Waals surface area contributed by atoms with Crippen LogP contribution in [0, 0.1) is 12.4 Å². The van der Waals surface area contributed by atoms with Gasteiger partial charge >= 0.3 is 5.82 Å².